The van der Waals surface area contributed by atoms with Gasteiger partial charge in [-0.15, -0.1) is 0 Å². The van der Waals surface area contributed by atoms with Gasteiger partial charge in [0, 0.05) is 18.2 Å². The topological polar surface area (TPSA) is 52.5 Å². The summed E-state index contributed by atoms with van der Waals surface area (Å²) in [5.74, 6) is 3.79. The van der Waals surface area contributed by atoms with Gasteiger partial charge in [0.25, 0.3) is 0 Å². The molecule has 5 unspecified atom stereocenters. The van der Waals surface area contributed by atoms with E-state index < -0.39 is 0 Å². The molecule has 4 rings (SSSR count). The standard InChI is InChI=1S/C17H23NO2/c19-16-6-1-3-10(17(16)20)9-18-15-8-11-7-14(15)13-5-2-4-12(11)13/h1,3,6,11-15,18-20H,2,4-5,7-9H2. The van der Waals surface area contributed by atoms with Crippen LogP contribution in [-0.4, -0.2) is 16.3 Å². The van der Waals surface area contributed by atoms with E-state index in [1.54, 1.807) is 6.07 Å². The Labute approximate surface area is 120 Å². The van der Waals surface area contributed by atoms with Gasteiger partial charge < -0.3 is 15.5 Å². The Balaban J connectivity index is 1.43. The molecule has 5 atom stereocenters. The first-order valence-corrected chi connectivity index (χ1v) is 7.97. The number of phenols is 2. The summed E-state index contributed by atoms with van der Waals surface area (Å²) in [4.78, 5) is 0. The molecule has 20 heavy (non-hydrogen) atoms. The minimum Gasteiger partial charge on any atom is -0.504 e. The molecular formula is C17H23NO2. The number of rotatable bonds is 3. The molecule has 2 bridgehead atoms. The molecule has 3 fully saturated rings. The van der Waals surface area contributed by atoms with Crippen LogP contribution >= 0.6 is 0 Å². The molecule has 0 spiro atoms. The van der Waals surface area contributed by atoms with E-state index in [2.05, 4.69) is 5.32 Å². The van der Waals surface area contributed by atoms with E-state index in [0.29, 0.717) is 12.6 Å². The van der Waals surface area contributed by atoms with E-state index in [0.717, 1.165) is 29.2 Å². The summed E-state index contributed by atoms with van der Waals surface area (Å²) in [5.41, 5.74) is 0.802. The first kappa shape index (κ1) is 12.5. The van der Waals surface area contributed by atoms with Crippen LogP contribution in [-0.2, 0) is 6.54 Å². The van der Waals surface area contributed by atoms with Crippen molar-refractivity contribution in [1.82, 2.24) is 5.32 Å². The molecular weight excluding hydrogens is 250 g/mol. The normalized spacial score (nSPS) is 38.3. The van der Waals surface area contributed by atoms with Gasteiger partial charge in [-0.3, -0.25) is 0 Å². The van der Waals surface area contributed by atoms with Crippen LogP contribution in [0.4, 0.5) is 0 Å². The van der Waals surface area contributed by atoms with Crippen molar-refractivity contribution in [2.24, 2.45) is 23.7 Å². The SMILES string of the molecule is Oc1cccc(CNC2CC3CC2C2CCCC32)c1O. The molecule has 3 N–H and O–H groups in total. The second-order valence-corrected chi connectivity index (χ2v) is 6.93. The molecule has 3 saturated carbocycles. The van der Waals surface area contributed by atoms with Gasteiger partial charge in [0.1, 0.15) is 0 Å². The average molecular weight is 273 g/mol. The highest BCUT2D eigenvalue weighted by Gasteiger charge is 2.53. The lowest BCUT2D eigenvalue weighted by Gasteiger charge is -2.32. The fourth-order valence-electron chi connectivity index (χ4n) is 5.26. The number of benzene rings is 1. The zero-order chi connectivity index (χ0) is 13.7. The summed E-state index contributed by atoms with van der Waals surface area (Å²) in [6.45, 7) is 0.658. The van der Waals surface area contributed by atoms with Gasteiger partial charge in [-0.1, -0.05) is 18.6 Å². The van der Waals surface area contributed by atoms with Crippen molar-refractivity contribution in [3.63, 3.8) is 0 Å². The number of fused-ring (bicyclic) bond motifs is 5. The smallest absolute Gasteiger partial charge is 0.161 e. The molecule has 1 aromatic rings. The third kappa shape index (κ3) is 1.83. The second-order valence-electron chi connectivity index (χ2n) is 6.93. The van der Waals surface area contributed by atoms with Crippen LogP contribution in [0.25, 0.3) is 0 Å². The van der Waals surface area contributed by atoms with Crippen LogP contribution < -0.4 is 5.32 Å². The number of hydrogen-bond acceptors (Lipinski definition) is 3. The summed E-state index contributed by atoms with van der Waals surface area (Å²) in [6.07, 6.45) is 7.06. The van der Waals surface area contributed by atoms with Gasteiger partial charge in [-0.2, -0.15) is 0 Å². The molecule has 3 aliphatic rings. The van der Waals surface area contributed by atoms with Crippen LogP contribution in [0.5, 0.6) is 11.5 Å². The van der Waals surface area contributed by atoms with Crippen molar-refractivity contribution in [2.75, 3.05) is 0 Å². The second kappa shape index (κ2) is 4.66. The highest BCUT2D eigenvalue weighted by atomic mass is 16.3. The summed E-state index contributed by atoms with van der Waals surface area (Å²) in [7, 11) is 0. The monoisotopic (exact) mass is 273 g/mol. The maximum absolute atomic E-state index is 9.86. The molecule has 0 heterocycles. The van der Waals surface area contributed by atoms with E-state index in [1.807, 2.05) is 6.07 Å². The molecule has 0 radical (unpaired) electrons. The number of para-hydroxylation sites is 1. The average Bonchev–Trinajstić information content (AvgIpc) is 3.11. The first-order chi connectivity index (χ1) is 9.74. The van der Waals surface area contributed by atoms with E-state index in [4.69, 9.17) is 0 Å². The Hall–Kier alpha value is -1.22. The predicted octanol–water partition coefficient (Wildman–Crippen LogP) is 3.01. The van der Waals surface area contributed by atoms with Crippen LogP contribution in [0.1, 0.15) is 37.7 Å². The van der Waals surface area contributed by atoms with E-state index >= 15 is 0 Å². The van der Waals surface area contributed by atoms with Crippen LogP contribution in [0.2, 0.25) is 0 Å². The van der Waals surface area contributed by atoms with Crippen LogP contribution in [0, 0.1) is 23.7 Å². The predicted molar refractivity (Wildman–Crippen MR) is 77.4 cm³/mol. The van der Waals surface area contributed by atoms with Gasteiger partial charge in [-0.05, 0) is 55.4 Å². The zero-order valence-corrected chi connectivity index (χ0v) is 11.8. The molecule has 3 aliphatic carbocycles. The van der Waals surface area contributed by atoms with Gasteiger partial charge in [0.05, 0.1) is 0 Å². The van der Waals surface area contributed by atoms with Crippen molar-refractivity contribution >= 4 is 0 Å². The number of aromatic hydroxyl groups is 2. The Kier molecular flexibility index (Phi) is 2.92. The van der Waals surface area contributed by atoms with E-state index in [1.165, 1.54) is 38.2 Å². The summed E-state index contributed by atoms with van der Waals surface area (Å²) in [6, 6.07) is 5.81. The lowest BCUT2D eigenvalue weighted by Crippen LogP contribution is -2.38. The van der Waals surface area contributed by atoms with Gasteiger partial charge >= 0.3 is 0 Å². The molecule has 3 heteroatoms. The summed E-state index contributed by atoms with van der Waals surface area (Å²) < 4.78 is 0. The highest BCUT2D eigenvalue weighted by molar-refractivity contribution is 5.44. The maximum Gasteiger partial charge on any atom is 0.161 e. The molecule has 0 amide bonds. The minimum absolute atomic E-state index is 0.0203. The number of phenolic OH excluding ortho intramolecular Hbond substituents is 2. The van der Waals surface area contributed by atoms with Crippen LogP contribution in [0.3, 0.4) is 0 Å². The molecule has 0 saturated heterocycles. The van der Waals surface area contributed by atoms with Crippen molar-refractivity contribution in [1.29, 1.82) is 0 Å². The molecule has 0 aromatic heterocycles. The van der Waals surface area contributed by atoms with Crippen molar-refractivity contribution in [3.8, 4) is 11.5 Å². The van der Waals surface area contributed by atoms with E-state index in [-0.39, 0.29) is 11.5 Å². The lowest BCUT2D eigenvalue weighted by atomic mass is 9.79. The van der Waals surface area contributed by atoms with Crippen molar-refractivity contribution in [3.05, 3.63) is 23.8 Å². The van der Waals surface area contributed by atoms with E-state index in [9.17, 15) is 10.2 Å². The summed E-state index contributed by atoms with van der Waals surface area (Å²) in [5, 5.41) is 23.0. The third-order valence-electron chi connectivity index (χ3n) is 6.08. The molecule has 108 valence electrons. The van der Waals surface area contributed by atoms with Gasteiger partial charge in [0.2, 0.25) is 0 Å². The van der Waals surface area contributed by atoms with Gasteiger partial charge in [0.15, 0.2) is 11.5 Å². The number of nitrogens with one attached hydrogen (secondary N) is 1. The minimum atomic E-state index is -0.0203. The van der Waals surface area contributed by atoms with Crippen molar-refractivity contribution < 1.29 is 10.2 Å². The van der Waals surface area contributed by atoms with Gasteiger partial charge in [-0.25, -0.2) is 0 Å². The Morgan fingerprint density at radius 2 is 1.90 bits per heavy atom. The largest absolute Gasteiger partial charge is 0.504 e. The number of hydrogen-bond donors (Lipinski definition) is 3. The quantitative estimate of drug-likeness (QED) is 0.742. The van der Waals surface area contributed by atoms with Crippen molar-refractivity contribution in [2.45, 2.75) is 44.7 Å². The summed E-state index contributed by atoms with van der Waals surface area (Å²) >= 11 is 0. The van der Waals surface area contributed by atoms with Crippen LogP contribution in [0.15, 0.2) is 18.2 Å². The molecule has 1 aromatic carbocycles. The fourth-order valence-corrected chi connectivity index (χ4v) is 5.26. The Morgan fingerprint density at radius 1 is 1.05 bits per heavy atom. The maximum atomic E-state index is 9.86. The lowest BCUT2D eigenvalue weighted by molar-refractivity contribution is 0.207. The Bertz CT molecular complexity index is 516. The molecule has 0 aliphatic heterocycles. The highest BCUT2D eigenvalue weighted by Crippen LogP contribution is 2.58. The fraction of sp³-hybridized carbons (Fsp3) is 0.647. The Morgan fingerprint density at radius 3 is 2.80 bits per heavy atom. The first-order valence-electron chi connectivity index (χ1n) is 7.97. The molecule has 3 nitrogen and oxygen atoms in total. The third-order valence-corrected chi connectivity index (χ3v) is 6.08. The zero-order valence-electron chi connectivity index (χ0n) is 11.8.